The molecule has 9 heteroatoms. The molecule has 0 saturated heterocycles. The number of carbonyl (C=O) groups excluding carboxylic acids is 2. The number of anilines is 1. The third kappa shape index (κ3) is 4.91. The average molecular weight is 377 g/mol. The lowest BCUT2D eigenvalue weighted by Gasteiger charge is -2.16. The lowest BCUT2D eigenvalue weighted by Crippen LogP contribution is -2.40. The van der Waals surface area contributed by atoms with Crippen molar-refractivity contribution in [1.82, 2.24) is 10.2 Å². The normalized spacial score (nSPS) is 12.1. The van der Waals surface area contributed by atoms with Gasteiger partial charge in [0.2, 0.25) is 12.7 Å². The molecule has 2 aromatic rings. The van der Waals surface area contributed by atoms with Gasteiger partial charge in [0.1, 0.15) is 11.6 Å². The predicted molar refractivity (Wildman–Crippen MR) is 92.4 cm³/mol. The summed E-state index contributed by atoms with van der Waals surface area (Å²) in [7, 11) is 1.58. The molecule has 1 aliphatic heterocycles. The summed E-state index contributed by atoms with van der Waals surface area (Å²) in [5, 5.41) is 4.69. The van der Waals surface area contributed by atoms with Gasteiger partial charge < -0.3 is 14.8 Å². The maximum Gasteiger partial charge on any atom is 0.325 e. The molecule has 3 amide bonds. The molecule has 1 heterocycles. The largest absolute Gasteiger partial charge is 0.454 e. The van der Waals surface area contributed by atoms with Crippen LogP contribution in [0.25, 0.3) is 0 Å². The van der Waals surface area contributed by atoms with E-state index < -0.39 is 23.6 Å². The Morgan fingerprint density at radius 1 is 1.11 bits per heavy atom. The highest BCUT2D eigenvalue weighted by Gasteiger charge is 2.16. The second-order valence-electron chi connectivity index (χ2n) is 5.98. The van der Waals surface area contributed by atoms with E-state index in [1.807, 2.05) is 0 Å². The molecule has 7 nitrogen and oxygen atoms in total. The average Bonchev–Trinajstić information content (AvgIpc) is 3.04. The minimum absolute atomic E-state index is 0.0866. The Hall–Kier alpha value is -3.20. The fraction of sp³-hybridized carbons (Fsp3) is 0.222. The monoisotopic (exact) mass is 377 g/mol. The van der Waals surface area contributed by atoms with E-state index in [4.69, 9.17) is 9.47 Å². The van der Waals surface area contributed by atoms with Crippen LogP contribution in [0.4, 0.5) is 19.3 Å². The highest BCUT2D eigenvalue weighted by molar-refractivity contribution is 6.01. The molecule has 0 bridgehead atoms. The minimum atomic E-state index is -0.708. The number of likely N-dealkylation sites (N-methyl/N-ethyl adjacent to an activating group) is 1. The number of nitrogens with zero attached hydrogens (tertiary/aromatic N) is 1. The number of imide groups is 1. The van der Waals surface area contributed by atoms with E-state index in [1.165, 1.54) is 11.0 Å². The van der Waals surface area contributed by atoms with Crippen LogP contribution in [0.3, 0.4) is 0 Å². The van der Waals surface area contributed by atoms with Gasteiger partial charge in [-0.15, -0.1) is 0 Å². The number of benzene rings is 2. The first-order valence-corrected chi connectivity index (χ1v) is 8.03. The van der Waals surface area contributed by atoms with Gasteiger partial charge in [-0.05, 0) is 25.2 Å². The third-order valence-electron chi connectivity index (χ3n) is 3.75. The van der Waals surface area contributed by atoms with Crippen LogP contribution in [0.2, 0.25) is 0 Å². The van der Waals surface area contributed by atoms with Crippen LogP contribution in [-0.4, -0.2) is 37.2 Å². The van der Waals surface area contributed by atoms with Gasteiger partial charge in [-0.1, -0.05) is 6.07 Å². The van der Waals surface area contributed by atoms with Crippen LogP contribution in [0, 0.1) is 11.6 Å². The van der Waals surface area contributed by atoms with Crippen LogP contribution in [0.15, 0.2) is 36.4 Å². The highest BCUT2D eigenvalue weighted by Crippen LogP contribution is 2.34. The number of hydrogen-bond donors (Lipinski definition) is 2. The number of halogens is 2. The molecule has 0 saturated carbocycles. The van der Waals surface area contributed by atoms with Crippen molar-refractivity contribution in [3.63, 3.8) is 0 Å². The van der Waals surface area contributed by atoms with Crippen molar-refractivity contribution < 1.29 is 27.8 Å². The maximum absolute atomic E-state index is 13.6. The summed E-state index contributed by atoms with van der Waals surface area (Å²) in [6, 6.07) is 7.36. The molecule has 27 heavy (non-hydrogen) atoms. The van der Waals surface area contributed by atoms with Crippen LogP contribution >= 0.6 is 0 Å². The summed E-state index contributed by atoms with van der Waals surface area (Å²) in [6.07, 6.45) is 0. The van der Waals surface area contributed by atoms with Gasteiger partial charge in [-0.25, -0.2) is 13.6 Å². The SMILES string of the molecule is CN(CC(=O)NC(=O)Nc1ccc2c(c1)OCO2)Cc1ccc(F)cc1F. The smallest absolute Gasteiger partial charge is 0.325 e. The van der Waals surface area contributed by atoms with E-state index in [1.54, 1.807) is 25.2 Å². The lowest BCUT2D eigenvalue weighted by atomic mass is 10.2. The van der Waals surface area contributed by atoms with Crippen molar-refractivity contribution in [1.29, 1.82) is 0 Å². The lowest BCUT2D eigenvalue weighted by molar-refractivity contribution is -0.120. The summed E-state index contributed by atoms with van der Waals surface area (Å²) in [4.78, 5) is 25.4. The summed E-state index contributed by atoms with van der Waals surface area (Å²) < 4.78 is 36.9. The Morgan fingerprint density at radius 3 is 2.67 bits per heavy atom. The van der Waals surface area contributed by atoms with Gasteiger partial charge in [0.15, 0.2) is 11.5 Å². The first-order chi connectivity index (χ1) is 12.9. The molecule has 0 spiro atoms. The predicted octanol–water partition coefficient (Wildman–Crippen LogP) is 2.47. The second kappa shape index (κ2) is 8.00. The van der Waals surface area contributed by atoms with E-state index in [2.05, 4.69) is 10.6 Å². The Kier molecular flexibility index (Phi) is 5.51. The number of urea groups is 1. The van der Waals surface area contributed by atoms with Crippen molar-refractivity contribution >= 4 is 17.6 Å². The molecule has 3 rings (SSSR count). The summed E-state index contributed by atoms with van der Waals surface area (Å²) in [5.74, 6) is -0.857. The molecular formula is C18H17F2N3O4. The molecule has 0 aliphatic carbocycles. The van der Waals surface area contributed by atoms with Gasteiger partial charge >= 0.3 is 6.03 Å². The number of nitrogens with one attached hydrogen (secondary N) is 2. The standard InChI is InChI=1S/C18H17F2N3O4/c1-23(8-11-2-3-12(19)6-14(11)20)9-17(24)22-18(25)21-13-4-5-15-16(7-13)27-10-26-15/h2-7H,8-10H2,1H3,(H2,21,22,24,25). The molecule has 0 unspecified atom stereocenters. The van der Waals surface area contributed by atoms with E-state index >= 15 is 0 Å². The highest BCUT2D eigenvalue weighted by atomic mass is 19.1. The number of hydrogen-bond acceptors (Lipinski definition) is 5. The zero-order chi connectivity index (χ0) is 19.4. The van der Waals surface area contributed by atoms with Crippen LogP contribution in [0.5, 0.6) is 11.5 Å². The van der Waals surface area contributed by atoms with Crippen molar-refractivity contribution in [2.75, 3.05) is 25.7 Å². The molecule has 1 aliphatic rings. The number of fused-ring (bicyclic) bond motifs is 1. The Morgan fingerprint density at radius 2 is 1.89 bits per heavy atom. The van der Waals surface area contributed by atoms with Gasteiger partial charge in [0, 0.05) is 29.9 Å². The van der Waals surface area contributed by atoms with E-state index in [0.29, 0.717) is 17.2 Å². The maximum atomic E-state index is 13.6. The topological polar surface area (TPSA) is 79.9 Å². The van der Waals surface area contributed by atoms with Crippen LogP contribution in [-0.2, 0) is 11.3 Å². The van der Waals surface area contributed by atoms with E-state index in [0.717, 1.165) is 12.1 Å². The fourth-order valence-corrected chi connectivity index (χ4v) is 2.54. The second-order valence-corrected chi connectivity index (χ2v) is 5.98. The zero-order valence-electron chi connectivity index (χ0n) is 14.4. The third-order valence-corrected chi connectivity index (χ3v) is 3.75. The first kappa shape index (κ1) is 18.6. The number of amides is 3. The van der Waals surface area contributed by atoms with E-state index in [-0.39, 0.29) is 25.4 Å². The van der Waals surface area contributed by atoms with Gasteiger partial charge in [0.05, 0.1) is 6.54 Å². The number of carbonyl (C=O) groups is 2. The summed E-state index contributed by atoms with van der Waals surface area (Å²) >= 11 is 0. The zero-order valence-corrected chi connectivity index (χ0v) is 14.4. The van der Waals surface area contributed by atoms with Gasteiger partial charge in [-0.3, -0.25) is 15.0 Å². The Bertz CT molecular complexity index is 876. The molecular weight excluding hydrogens is 360 g/mol. The van der Waals surface area contributed by atoms with E-state index in [9.17, 15) is 18.4 Å². The van der Waals surface area contributed by atoms with Crippen molar-refractivity contribution in [3.05, 3.63) is 53.6 Å². The number of rotatable bonds is 5. The Balaban J connectivity index is 1.48. The molecule has 0 aromatic heterocycles. The number of ether oxygens (including phenoxy) is 2. The molecule has 0 atom stereocenters. The first-order valence-electron chi connectivity index (χ1n) is 8.03. The fourth-order valence-electron chi connectivity index (χ4n) is 2.54. The van der Waals surface area contributed by atoms with Gasteiger partial charge in [0.25, 0.3) is 0 Å². The molecule has 142 valence electrons. The van der Waals surface area contributed by atoms with Gasteiger partial charge in [-0.2, -0.15) is 0 Å². The summed E-state index contributed by atoms with van der Waals surface area (Å²) in [5.41, 5.74) is 0.683. The van der Waals surface area contributed by atoms with Crippen molar-refractivity contribution in [2.24, 2.45) is 0 Å². The molecule has 2 N–H and O–H groups in total. The summed E-state index contributed by atoms with van der Waals surface area (Å²) in [6.45, 7) is 0.0547. The molecule has 0 fully saturated rings. The van der Waals surface area contributed by atoms with Crippen LogP contribution < -0.4 is 20.1 Å². The molecule has 0 radical (unpaired) electrons. The molecule has 2 aromatic carbocycles. The van der Waals surface area contributed by atoms with Crippen LogP contribution in [0.1, 0.15) is 5.56 Å². The Labute approximate surface area is 153 Å². The van der Waals surface area contributed by atoms with Crippen molar-refractivity contribution in [2.45, 2.75) is 6.54 Å². The van der Waals surface area contributed by atoms with Crippen molar-refractivity contribution in [3.8, 4) is 11.5 Å². The minimum Gasteiger partial charge on any atom is -0.454 e. The quantitative estimate of drug-likeness (QED) is 0.837.